The van der Waals surface area contributed by atoms with Crippen molar-refractivity contribution in [2.45, 2.75) is 33.4 Å². The number of aromatic carboxylic acids is 1. The minimum atomic E-state index is -0.816. The van der Waals surface area contributed by atoms with Crippen molar-refractivity contribution in [2.75, 3.05) is 26.2 Å². The summed E-state index contributed by atoms with van der Waals surface area (Å²) in [6.45, 7) is 11.7. The zero-order valence-corrected chi connectivity index (χ0v) is 12.7. The maximum atomic E-state index is 11.0. The van der Waals surface area contributed by atoms with E-state index in [1.807, 2.05) is 13.0 Å². The molecule has 0 radical (unpaired) electrons. The van der Waals surface area contributed by atoms with Gasteiger partial charge in [-0.3, -0.25) is 9.80 Å². The number of thiophene rings is 1. The first kappa shape index (κ1) is 14.5. The van der Waals surface area contributed by atoms with Gasteiger partial charge in [-0.2, -0.15) is 0 Å². The van der Waals surface area contributed by atoms with Crippen LogP contribution in [0.4, 0.5) is 0 Å². The summed E-state index contributed by atoms with van der Waals surface area (Å²) in [5, 5.41) is 9.03. The zero-order valence-electron chi connectivity index (χ0n) is 11.8. The third kappa shape index (κ3) is 3.35. The lowest BCUT2D eigenvalue weighted by atomic mass is 10.1. The van der Waals surface area contributed by atoms with Crippen LogP contribution in [0.5, 0.6) is 0 Å². The highest BCUT2D eigenvalue weighted by Crippen LogP contribution is 2.24. The smallest absolute Gasteiger partial charge is 0.345 e. The average molecular weight is 282 g/mol. The van der Waals surface area contributed by atoms with Gasteiger partial charge in [-0.1, -0.05) is 6.92 Å². The molecule has 19 heavy (non-hydrogen) atoms. The molecule has 0 spiro atoms. The Morgan fingerprint density at radius 2 is 2.26 bits per heavy atom. The molecule has 0 aromatic carbocycles. The van der Waals surface area contributed by atoms with Gasteiger partial charge in [-0.05, 0) is 32.0 Å². The molecule has 0 bridgehead atoms. The molecule has 1 N–H and O–H groups in total. The Balaban J connectivity index is 2.00. The van der Waals surface area contributed by atoms with E-state index in [1.165, 1.54) is 16.9 Å². The lowest BCUT2D eigenvalue weighted by Crippen LogP contribution is -2.51. The zero-order chi connectivity index (χ0) is 14.0. The Bertz CT molecular complexity index is 458. The molecule has 2 rings (SSSR count). The van der Waals surface area contributed by atoms with Crippen LogP contribution in [-0.4, -0.2) is 53.1 Å². The van der Waals surface area contributed by atoms with Crippen LogP contribution in [0.25, 0.3) is 0 Å². The predicted molar refractivity (Wildman–Crippen MR) is 78.0 cm³/mol. The molecule has 1 fully saturated rings. The van der Waals surface area contributed by atoms with Crippen molar-refractivity contribution in [1.82, 2.24) is 9.80 Å². The first-order valence-electron chi connectivity index (χ1n) is 6.80. The average Bonchev–Trinajstić information content (AvgIpc) is 2.71. The summed E-state index contributed by atoms with van der Waals surface area (Å²) < 4.78 is 0. The van der Waals surface area contributed by atoms with Crippen LogP contribution in [0, 0.1) is 6.92 Å². The van der Waals surface area contributed by atoms with E-state index in [4.69, 9.17) is 5.11 Å². The standard InChI is InChI=1S/C14H22N2O2S/c1-4-16-6-5-15(8-10(16)2)9-12-7-13(14(17)18)19-11(12)3/h7,10H,4-6,8-9H2,1-3H3,(H,17,18). The van der Waals surface area contributed by atoms with Gasteiger partial charge in [0.15, 0.2) is 0 Å². The molecule has 1 aromatic rings. The minimum Gasteiger partial charge on any atom is -0.477 e. The fraction of sp³-hybridized carbons (Fsp3) is 0.643. The number of piperazine rings is 1. The second-order valence-corrected chi connectivity index (χ2v) is 6.47. The van der Waals surface area contributed by atoms with Crippen LogP contribution in [-0.2, 0) is 6.54 Å². The summed E-state index contributed by atoms with van der Waals surface area (Å²) in [7, 11) is 0. The molecular formula is C14H22N2O2S. The highest BCUT2D eigenvalue weighted by molar-refractivity contribution is 7.14. The van der Waals surface area contributed by atoms with E-state index in [1.54, 1.807) is 0 Å². The van der Waals surface area contributed by atoms with Gasteiger partial charge in [0.05, 0.1) is 0 Å². The molecule has 106 valence electrons. The van der Waals surface area contributed by atoms with Crippen LogP contribution in [0.3, 0.4) is 0 Å². The minimum absolute atomic E-state index is 0.452. The number of carbonyl (C=O) groups is 1. The lowest BCUT2D eigenvalue weighted by Gasteiger charge is -2.39. The highest BCUT2D eigenvalue weighted by atomic mass is 32.1. The number of likely N-dealkylation sites (N-methyl/N-ethyl adjacent to an activating group) is 1. The summed E-state index contributed by atoms with van der Waals surface area (Å²) in [5.74, 6) is -0.816. The SMILES string of the molecule is CCN1CCN(Cc2cc(C(=O)O)sc2C)CC1C. The predicted octanol–water partition coefficient (Wildman–Crippen LogP) is 2.28. The van der Waals surface area contributed by atoms with Gasteiger partial charge in [-0.25, -0.2) is 4.79 Å². The van der Waals surface area contributed by atoms with Crippen LogP contribution in [0.15, 0.2) is 6.07 Å². The molecule has 1 aliphatic heterocycles. The number of rotatable bonds is 4. The largest absolute Gasteiger partial charge is 0.477 e. The third-order valence-corrected chi connectivity index (χ3v) is 4.96. The lowest BCUT2D eigenvalue weighted by molar-refractivity contribution is 0.0701. The van der Waals surface area contributed by atoms with E-state index in [2.05, 4.69) is 23.6 Å². The molecule has 1 atom stereocenters. The molecule has 0 aliphatic carbocycles. The fourth-order valence-corrected chi connectivity index (χ4v) is 3.58. The molecule has 1 aliphatic rings. The van der Waals surface area contributed by atoms with E-state index in [-0.39, 0.29) is 0 Å². The first-order chi connectivity index (χ1) is 9.01. The Labute approximate surface area is 118 Å². The summed E-state index contributed by atoms with van der Waals surface area (Å²) in [5.41, 5.74) is 1.17. The van der Waals surface area contributed by atoms with E-state index in [0.29, 0.717) is 10.9 Å². The Kier molecular flexibility index (Phi) is 4.60. The third-order valence-electron chi connectivity index (χ3n) is 3.88. The van der Waals surface area contributed by atoms with Gasteiger partial charge in [0, 0.05) is 37.1 Å². The molecule has 1 unspecified atom stereocenters. The fourth-order valence-electron chi connectivity index (χ4n) is 2.71. The number of carboxylic acids is 1. The molecular weight excluding hydrogens is 260 g/mol. The molecule has 1 aromatic heterocycles. The molecule has 4 nitrogen and oxygen atoms in total. The van der Waals surface area contributed by atoms with Crippen molar-refractivity contribution in [2.24, 2.45) is 0 Å². The number of carboxylic acid groups (broad SMARTS) is 1. The monoisotopic (exact) mass is 282 g/mol. The van der Waals surface area contributed by atoms with Crippen molar-refractivity contribution >= 4 is 17.3 Å². The Morgan fingerprint density at radius 1 is 1.53 bits per heavy atom. The van der Waals surface area contributed by atoms with Crippen molar-refractivity contribution in [3.8, 4) is 0 Å². The number of hydrogen-bond donors (Lipinski definition) is 1. The Morgan fingerprint density at radius 3 is 2.79 bits per heavy atom. The maximum absolute atomic E-state index is 11.0. The van der Waals surface area contributed by atoms with Crippen molar-refractivity contribution in [3.05, 3.63) is 21.4 Å². The van der Waals surface area contributed by atoms with Crippen molar-refractivity contribution in [3.63, 3.8) is 0 Å². The van der Waals surface area contributed by atoms with Gasteiger partial charge < -0.3 is 5.11 Å². The number of hydrogen-bond acceptors (Lipinski definition) is 4. The van der Waals surface area contributed by atoms with Crippen molar-refractivity contribution in [1.29, 1.82) is 0 Å². The van der Waals surface area contributed by atoms with Crippen LogP contribution in [0.1, 0.15) is 34.0 Å². The Hall–Kier alpha value is -0.910. The highest BCUT2D eigenvalue weighted by Gasteiger charge is 2.23. The van der Waals surface area contributed by atoms with Gasteiger partial charge in [-0.15, -0.1) is 11.3 Å². The summed E-state index contributed by atoms with van der Waals surface area (Å²) >= 11 is 1.38. The van der Waals surface area contributed by atoms with Gasteiger partial charge in [0.25, 0.3) is 0 Å². The normalized spacial score (nSPS) is 21.7. The quantitative estimate of drug-likeness (QED) is 0.920. The van der Waals surface area contributed by atoms with E-state index >= 15 is 0 Å². The van der Waals surface area contributed by atoms with Crippen LogP contribution < -0.4 is 0 Å². The number of aryl methyl sites for hydroxylation is 1. The van der Waals surface area contributed by atoms with Crippen molar-refractivity contribution < 1.29 is 9.90 Å². The van der Waals surface area contributed by atoms with Gasteiger partial charge in [0.2, 0.25) is 0 Å². The van der Waals surface area contributed by atoms with Gasteiger partial charge in [0.1, 0.15) is 4.88 Å². The molecule has 0 amide bonds. The molecule has 2 heterocycles. The van der Waals surface area contributed by atoms with E-state index < -0.39 is 5.97 Å². The second kappa shape index (κ2) is 6.03. The molecule has 1 saturated heterocycles. The molecule has 0 saturated carbocycles. The second-order valence-electron chi connectivity index (χ2n) is 5.21. The van der Waals surface area contributed by atoms with Crippen LogP contribution in [0.2, 0.25) is 0 Å². The summed E-state index contributed by atoms with van der Waals surface area (Å²) in [6, 6.07) is 2.41. The maximum Gasteiger partial charge on any atom is 0.345 e. The topological polar surface area (TPSA) is 43.8 Å². The van der Waals surface area contributed by atoms with Crippen LogP contribution >= 0.6 is 11.3 Å². The van der Waals surface area contributed by atoms with E-state index in [0.717, 1.165) is 37.6 Å². The summed E-state index contributed by atoms with van der Waals surface area (Å²) in [4.78, 5) is 17.5. The molecule has 5 heteroatoms. The number of nitrogens with zero attached hydrogens (tertiary/aromatic N) is 2. The summed E-state index contributed by atoms with van der Waals surface area (Å²) in [6.07, 6.45) is 0. The first-order valence-corrected chi connectivity index (χ1v) is 7.62. The van der Waals surface area contributed by atoms with Gasteiger partial charge >= 0.3 is 5.97 Å². The van der Waals surface area contributed by atoms with E-state index in [9.17, 15) is 4.79 Å².